The van der Waals surface area contributed by atoms with Gasteiger partial charge in [0, 0.05) is 13.0 Å². The zero-order valence-electron chi connectivity index (χ0n) is 5.46. The predicted octanol–water partition coefficient (Wildman–Crippen LogP) is 0.0682. The molecule has 0 aromatic carbocycles. The summed E-state index contributed by atoms with van der Waals surface area (Å²) in [5.74, 6) is 0.556. The highest BCUT2D eigenvalue weighted by atomic mass is 16.6. The zero-order valence-corrected chi connectivity index (χ0v) is 5.46. The Balaban J connectivity index is 2.44. The lowest BCUT2D eigenvalue weighted by Gasteiger charge is -1.86. The van der Waals surface area contributed by atoms with Crippen molar-refractivity contribution in [1.82, 2.24) is 5.16 Å². The molecule has 2 rings (SSSR count). The lowest BCUT2D eigenvalue weighted by molar-refractivity contribution is 0.236. The summed E-state index contributed by atoms with van der Waals surface area (Å²) in [6.45, 7) is 1.13. The number of nitrogens with two attached hydrogens (primary N) is 1. The van der Waals surface area contributed by atoms with E-state index in [1.807, 2.05) is 0 Å². The minimum absolute atomic E-state index is 0.433. The molecule has 0 bridgehead atoms. The standard InChI is InChI=1S/C6H8N2O2/c7-3-5-4-1-2-9-6(4)10-8-5/h1-3,7H2. The molecule has 0 aliphatic carbocycles. The fraction of sp³-hybridized carbons (Fsp3) is 0.500. The van der Waals surface area contributed by atoms with Crippen LogP contribution in [0.25, 0.3) is 0 Å². The summed E-state index contributed by atoms with van der Waals surface area (Å²) in [5.41, 5.74) is 7.26. The topological polar surface area (TPSA) is 61.3 Å². The van der Waals surface area contributed by atoms with Crippen LogP contribution in [0.3, 0.4) is 0 Å². The van der Waals surface area contributed by atoms with Crippen molar-refractivity contribution in [1.29, 1.82) is 0 Å². The zero-order chi connectivity index (χ0) is 6.97. The largest absolute Gasteiger partial charge is 0.463 e. The Morgan fingerprint density at radius 1 is 1.60 bits per heavy atom. The molecule has 1 aromatic rings. The summed E-state index contributed by atoms with van der Waals surface area (Å²) < 4.78 is 9.94. The first kappa shape index (κ1) is 5.73. The van der Waals surface area contributed by atoms with Crippen LogP contribution in [0, 0.1) is 0 Å². The molecule has 54 valence electrons. The molecule has 1 aliphatic heterocycles. The van der Waals surface area contributed by atoms with Crippen LogP contribution < -0.4 is 10.5 Å². The Hall–Kier alpha value is -1.03. The predicted molar refractivity (Wildman–Crippen MR) is 33.6 cm³/mol. The molecule has 0 saturated heterocycles. The van der Waals surface area contributed by atoms with Gasteiger partial charge >= 0.3 is 5.95 Å². The van der Waals surface area contributed by atoms with Crippen LogP contribution in [-0.4, -0.2) is 11.8 Å². The van der Waals surface area contributed by atoms with E-state index in [0.717, 1.165) is 17.7 Å². The number of rotatable bonds is 1. The molecule has 0 unspecified atom stereocenters. The van der Waals surface area contributed by atoms with Gasteiger partial charge < -0.3 is 15.0 Å². The molecule has 0 atom stereocenters. The number of fused-ring (bicyclic) bond motifs is 1. The highest BCUT2D eigenvalue weighted by Gasteiger charge is 2.21. The van der Waals surface area contributed by atoms with E-state index in [-0.39, 0.29) is 0 Å². The van der Waals surface area contributed by atoms with E-state index >= 15 is 0 Å². The molecule has 4 heteroatoms. The highest BCUT2D eigenvalue weighted by molar-refractivity contribution is 5.30. The summed E-state index contributed by atoms with van der Waals surface area (Å²) >= 11 is 0. The molecule has 2 N–H and O–H groups in total. The minimum atomic E-state index is 0.433. The number of ether oxygens (including phenoxy) is 1. The van der Waals surface area contributed by atoms with Crippen molar-refractivity contribution in [3.8, 4) is 5.95 Å². The van der Waals surface area contributed by atoms with Crippen LogP contribution in [0.4, 0.5) is 0 Å². The Morgan fingerprint density at radius 3 is 3.30 bits per heavy atom. The van der Waals surface area contributed by atoms with E-state index < -0.39 is 0 Å². The normalized spacial score (nSPS) is 14.9. The average molecular weight is 140 g/mol. The van der Waals surface area contributed by atoms with E-state index in [0.29, 0.717) is 19.1 Å². The van der Waals surface area contributed by atoms with Gasteiger partial charge in [-0.1, -0.05) is 5.16 Å². The fourth-order valence-electron chi connectivity index (χ4n) is 1.09. The summed E-state index contributed by atoms with van der Waals surface area (Å²) in [6.07, 6.45) is 0.880. The molecule has 10 heavy (non-hydrogen) atoms. The number of hydrogen-bond acceptors (Lipinski definition) is 4. The van der Waals surface area contributed by atoms with Crippen molar-refractivity contribution in [2.45, 2.75) is 13.0 Å². The van der Waals surface area contributed by atoms with Gasteiger partial charge in [-0.25, -0.2) is 0 Å². The van der Waals surface area contributed by atoms with Gasteiger partial charge in [0.15, 0.2) is 0 Å². The minimum Gasteiger partial charge on any atom is -0.463 e. The maximum absolute atomic E-state index is 5.39. The monoisotopic (exact) mass is 140 g/mol. The van der Waals surface area contributed by atoms with E-state index in [1.165, 1.54) is 0 Å². The maximum Gasteiger partial charge on any atom is 0.314 e. The van der Waals surface area contributed by atoms with Crippen molar-refractivity contribution >= 4 is 0 Å². The summed E-state index contributed by atoms with van der Waals surface area (Å²) in [7, 11) is 0. The Kier molecular flexibility index (Phi) is 1.14. The third kappa shape index (κ3) is 0.623. The molecule has 1 aliphatic rings. The summed E-state index contributed by atoms with van der Waals surface area (Å²) in [5, 5.41) is 3.73. The van der Waals surface area contributed by atoms with Crippen molar-refractivity contribution < 1.29 is 9.26 Å². The molecule has 2 heterocycles. The van der Waals surface area contributed by atoms with E-state index in [9.17, 15) is 0 Å². The van der Waals surface area contributed by atoms with Gasteiger partial charge in [-0.3, -0.25) is 0 Å². The summed E-state index contributed by atoms with van der Waals surface area (Å²) in [4.78, 5) is 0. The first-order chi connectivity index (χ1) is 4.92. The SMILES string of the molecule is NCc1noc2c1CCO2. The molecule has 0 spiro atoms. The van der Waals surface area contributed by atoms with Gasteiger partial charge in [0.05, 0.1) is 12.2 Å². The second kappa shape index (κ2) is 1.98. The quantitative estimate of drug-likeness (QED) is 0.599. The molecule has 0 amide bonds. The number of aromatic nitrogens is 1. The molecular weight excluding hydrogens is 132 g/mol. The van der Waals surface area contributed by atoms with Gasteiger partial charge in [-0.2, -0.15) is 0 Å². The lowest BCUT2D eigenvalue weighted by atomic mass is 10.2. The van der Waals surface area contributed by atoms with E-state index in [1.54, 1.807) is 0 Å². The second-order valence-corrected chi connectivity index (χ2v) is 2.20. The van der Waals surface area contributed by atoms with E-state index in [2.05, 4.69) is 5.16 Å². The van der Waals surface area contributed by atoms with Crippen LogP contribution >= 0.6 is 0 Å². The smallest absolute Gasteiger partial charge is 0.314 e. The molecule has 1 aromatic heterocycles. The molecular formula is C6H8N2O2. The van der Waals surface area contributed by atoms with E-state index in [4.69, 9.17) is 15.0 Å². The second-order valence-electron chi connectivity index (χ2n) is 2.20. The molecule has 0 saturated carbocycles. The lowest BCUT2D eigenvalue weighted by Crippen LogP contribution is -1.99. The highest BCUT2D eigenvalue weighted by Crippen LogP contribution is 2.27. The van der Waals surface area contributed by atoms with Gasteiger partial charge in [0.2, 0.25) is 0 Å². The van der Waals surface area contributed by atoms with Crippen molar-refractivity contribution in [2.24, 2.45) is 5.73 Å². The molecule has 0 fully saturated rings. The first-order valence-electron chi connectivity index (χ1n) is 3.22. The maximum atomic E-state index is 5.39. The van der Waals surface area contributed by atoms with Gasteiger partial charge in [0.1, 0.15) is 5.69 Å². The number of hydrogen-bond donors (Lipinski definition) is 1. The average Bonchev–Trinajstić information content (AvgIpc) is 2.44. The third-order valence-electron chi connectivity index (χ3n) is 1.61. The van der Waals surface area contributed by atoms with Gasteiger partial charge in [0.25, 0.3) is 0 Å². The van der Waals surface area contributed by atoms with Crippen LogP contribution in [0.2, 0.25) is 0 Å². The number of nitrogens with zero attached hydrogens (tertiary/aromatic N) is 1. The van der Waals surface area contributed by atoms with Crippen LogP contribution in [-0.2, 0) is 13.0 Å². The van der Waals surface area contributed by atoms with Crippen molar-refractivity contribution in [3.63, 3.8) is 0 Å². The third-order valence-corrected chi connectivity index (χ3v) is 1.61. The van der Waals surface area contributed by atoms with Crippen molar-refractivity contribution in [2.75, 3.05) is 6.61 Å². The van der Waals surface area contributed by atoms with Crippen molar-refractivity contribution in [3.05, 3.63) is 11.3 Å². The summed E-state index contributed by atoms with van der Waals surface area (Å²) in [6, 6.07) is 0. The Morgan fingerprint density at radius 2 is 2.50 bits per heavy atom. The Bertz CT molecular complexity index is 244. The van der Waals surface area contributed by atoms with Gasteiger partial charge in [-0.05, 0) is 0 Å². The first-order valence-corrected chi connectivity index (χ1v) is 3.22. The van der Waals surface area contributed by atoms with Crippen LogP contribution in [0.15, 0.2) is 4.52 Å². The van der Waals surface area contributed by atoms with Crippen LogP contribution in [0.1, 0.15) is 11.3 Å². The Labute approximate surface area is 57.9 Å². The molecule has 0 radical (unpaired) electrons. The fourth-order valence-corrected chi connectivity index (χ4v) is 1.09. The van der Waals surface area contributed by atoms with Gasteiger partial charge in [-0.15, -0.1) is 0 Å². The molecule has 4 nitrogen and oxygen atoms in total. The van der Waals surface area contributed by atoms with Crippen LogP contribution in [0.5, 0.6) is 5.95 Å².